The number of anilines is 1. The monoisotopic (exact) mass is 465 g/mol. The van der Waals surface area contributed by atoms with Gasteiger partial charge in [0, 0.05) is 56.0 Å². The fourth-order valence-electron chi connectivity index (χ4n) is 4.24. The Morgan fingerprint density at radius 3 is 2.56 bits per heavy atom. The van der Waals surface area contributed by atoms with Crippen molar-refractivity contribution in [3.63, 3.8) is 0 Å². The number of carbonyl (C=O) groups excluding carboxylic acids is 2. The standard InChI is InChI=1S/C26H31N3O5/c1-17(2)21-15-19-9-14-34-26(31)24(19)25(27-21)29-12-10-28(11-13-29)23(30)8-6-18-5-7-20(32-3)16-22(18)33-4/h5-8,15-17H,9-14H2,1-4H3. The molecule has 1 saturated heterocycles. The van der Waals surface area contributed by atoms with Crippen LogP contribution in [0, 0.1) is 0 Å². The Kier molecular flexibility index (Phi) is 7.05. The quantitative estimate of drug-likeness (QED) is 0.478. The lowest BCUT2D eigenvalue weighted by Crippen LogP contribution is -2.49. The van der Waals surface area contributed by atoms with E-state index in [9.17, 15) is 9.59 Å². The second-order valence-corrected chi connectivity index (χ2v) is 8.70. The van der Waals surface area contributed by atoms with Crippen LogP contribution in [0.5, 0.6) is 11.5 Å². The van der Waals surface area contributed by atoms with Gasteiger partial charge in [-0.25, -0.2) is 9.78 Å². The SMILES string of the molecule is COc1ccc(C=CC(=O)N2CCN(c3nc(C(C)C)cc4c3C(=O)OCC4)CC2)c(OC)c1. The number of aromatic nitrogens is 1. The molecule has 2 aliphatic heterocycles. The number of rotatable bonds is 6. The number of ether oxygens (including phenoxy) is 3. The molecule has 2 aliphatic rings. The van der Waals surface area contributed by atoms with Crippen LogP contribution in [0.2, 0.25) is 0 Å². The van der Waals surface area contributed by atoms with Gasteiger partial charge in [-0.3, -0.25) is 4.79 Å². The average Bonchev–Trinajstić information content (AvgIpc) is 2.86. The summed E-state index contributed by atoms with van der Waals surface area (Å²) < 4.78 is 15.9. The molecule has 8 nitrogen and oxygen atoms in total. The van der Waals surface area contributed by atoms with Crippen molar-refractivity contribution in [3.8, 4) is 11.5 Å². The van der Waals surface area contributed by atoms with Crippen molar-refractivity contribution in [2.45, 2.75) is 26.2 Å². The number of nitrogens with zero attached hydrogens (tertiary/aromatic N) is 3. The highest BCUT2D eigenvalue weighted by molar-refractivity contribution is 5.97. The lowest BCUT2D eigenvalue weighted by Gasteiger charge is -2.36. The first-order valence-electron chi connectivity index (χ1n) is 11.6. The number of carbonyl (C=O) groups is 2. The molecule has 8 heteroatoms. The highest BCUT2D eigenvalue weighted by atomic mass is 16.5. The molecule has 0 spiro atoms. The van der Waals surface area contributed by atoms with Gasteiger partial charge >= 0.3 is 5.97 Å². The smallest absolute Gasteiger partial charge is 0.342 e. The van der Waals surface area contributed by atoms with E-state index in [1.54, 1.807) is 37.3 Å². The summed E-state index contributed by atoms with van der Waals surface area (Å²) in [6.07, 6.45) is 4.03. The Labute approximate surface area is 200 Å². The van der Waals surface area contributed by atoms with Gasteiger partial charge in [0.2, 0.25) is 5.91 Å². The van der Waals surface area contributed by atoms with Crippen molar-refractivity contribution >= 4 is 23.8 Å². The molecule has 34 heavy (non-hydrogen) atoms. The van der Waals surface area contributed by atoms with Gasteiger partial charge in [0.1, 0.15) is 22.9 Å². The molecule has 0 unspecified atom stereocenters. The van der Waals surface area contributed by atoms with Crippen LogP contribution in [-0.4, -0.2) is 68.8 Å². The minimum absolute atomic E-state index is 0.0668. The summed E-state index contributed by atoms with van der Waals surface area (Å²) >= 11 is 0. The first kappa shape index (κ1) is 23.6. The van der Waals surface area contributed by atoms with Crippen molar-refractivity contribution < 1.29 is 23.8 Å². The van der Waals surface area contributed by atoms with E-state index in [-0.39, 0.29) is 17.8 Å². The minimum Gasteiger partial charge on any atom is -0.497 e. The molecule has 0 atom stereocenters. The van der Waals surface area contributed by atoms with Gasteiger partial charge in [-0.1, -0.05) is 13.8 Å². The van der Waals surface area contributed by atoms with Crippen LogP contribution in [-0.2, 0) is 16.0 Å². The Hall–Kier alpha value is -3.55. The number of methoxy groups -OCH3 is 2. The first-order valence-corrected chi connectivity index (χ1v) is 11.6. The average molecular weight is 466 g/mol. The van der Waals surface area contributed by atoms with Crippen LogP contribution in [0.25, 0.3) is 6.08 Å². The Morgan fingerprint density at radius 2 is 1.88 bits per heavy atom. The zero-order valence-corrected chi connectivity index (χ0v) is 20.2. The molecule has 0 bridgehead atoms. The second-order valence-electron chi connectivity index (χ2n) is 8.70. The third-order valence-electron chi connectivity index (χ3n) is 6.24. The van der Waals surface area contributed by atoms with E-state index in [1.807, 2.05) is 18.2 Å². The van der Waals surface area contributed by atoms with E-state index in [0.29, 0.717) is 62.1 Å². The van der Waals surface area contributed by atoms with Gasteiger partial charge < -0.3 is 24.0 Å². The normalized spacial score (nSPS) is 16.0. The summed E-state index contributed by atoms with van der Waals surface area (Å²) in [4.78, 5) is 34.1. The topological polar surface area (TPSA) is 81.2 Å². The first-order chi connectivity index (χ1) is 16.4. The van der Waals surface area contributed by atoms with Gasteiger partial charge in [-0.2, -0.15) is 0 Å². The van der Waals surface area contributed by atoms with Gasteiger partial charge in [-0.15, -0.1) is 0 Å². The molecule has 2 aromatic rings. The molecule has 1 aromatic carbocycles. The molecule has 0 radical (unpaired) electrons. The predicted octanol–water partition coefficient (Wildman–Crippen LogP) is 3.30. The van der Waals surface area contributed by atoms with E-state index >= 15 is 0 Å². The molecule has 1 aromatic heterocycles. The summed E-state index contributed by atoms with van der Waals surface area (Å²) in [5, 5.41) is 0. The number of amides is 1. The molecule has 1 fully saturated rings. The molecule has 0 aliphatic carbocycles. The van der Waals surface area contributed by atoms with E-state index < -0.39 is 0 Å². The molecular weight excluding hydrogens is 434 g/mol. The van der Waals surface area contributed by atoms with Gasteiger partial charge in [-0.05, 0) is 35.8 Å². The minimum atomic E-state index is -0.311. The third-order valence-corrected chi connectivity index (χ3v) is 6.24. The fourth-order valence-corrected chi connectivity index (χ4v) is 4.24. The molecular formula is C26H31N3O5. The maximum absolute atomic E-state index is 12.8. The summed E-state index contributed by atoms with van der Waals surface area (Å²) in [5.74, 6) is 1.89. The van der Waals surface area contributed by atoms with Crippen molar-refractivity contribution in [2.75, 3.05) is 51.9 Å². The van der Waals surface area contributed by atoms with Crippen LogP contribution in [0.3, 0.4) is 0 Å². The maximum Gasteiger partial charge on any atom is 0.342 e. The summed E-state index contributed by atoms with van der Waals surface area (Å²) in [6.45, 7) is 6.88. The predicted molar refractivity (Wildman–Crippen MR) is 130 cm³/mol. The number of benzene rings is 1. The highest BCUT2D eigenvalue weighted by Gasteiger charge is 2.30. The van der Waals surface area contributed by atoms with Gasteiger partial charge in [0.15, 0.2) is 0 Å². The van der Waals surface area contributed by atoms with Crippen molar-refractivity contribution in [3.05, 3.63) is 52.7 Å². The molecule has 180 valence electrons. The number of piperazine rings is 1. The highest BCUT2D eigenvalue weighted by Crippen LogP contribution is 2.30. The number of hydrogen-bond donors (Lipinski definition) is 0. The number of hydrogen-bond acceptors (Lipinski definition) is 7. The van der Waals surface area contributed by atoms with E-state index in [4.69, 9.17) is 19.2 Å². The Bertz CT molecular complexity index is 1100. The number of esters is 1. The van der Waals surface area contributed by atoms with E-state index in [2.05, 4.69) is 18.7 Å². The van der Waals surface area contributed by atoms with E-state index in [0.717, 1.165) is 16.8 Å². The summed E-state index contributed by atoms with van der Waals surface area (Å²) in [5.41, 5.74) is 3.34. The van der Waals surface area contributed by atoms with Crippen LogP contribution in [0.4, 0.5) is 5.82 Å². The van der Waals surface area contributed by atoms with Crippen molar-refractivity contribution in [2.24, 2.45) is 0 Å². The zero-order chi connectivity index (χ0) is 24.2. The fraction of sp³-hybridized carbons (Fsp3) is 0.423. The lowest BCUT2D eigenvalue weighted by atomic mass is 9.98. The Morgan fingerprint density at radius 1 is 1.12 bits per heavy atom. The van der Waals surface area contributed by atoms with Gasteiger partial charge in [0.25, 0.3) is 0 Å². The molecule has 4 rings (SSSR count). The molecule has 3 heterocycles. The van der Waals surface area contributed by atoms with Gasteiger partial charge in [0.05, 0.1) is 20.8 Å². The number of pyridine rings is 1. The number of cyclic esters (lactones) is 1. The van der Waals surface area contributed by atoms with Crippen LogP contribution < -0.4 is 14.4 Å². The lowest BCUT2D eigenvalue weighted by molar-refractivity contribution is -0.126. The van der Waals surface area contributed by atoms with Crippen LogP contribution in [0.1, 0.15) is 46.9 Å². The Balaban J connectivity index is 1.47. The maximum atomic E-state index is 12.8. The second kappa shape index (κ2) is 10.2. The van der Waals surface area contributed by atoms with Crippen molar-refractivity contribution in [1.82, 2.24) is 9.88 Å². The largest absolute Gasteiger partial charge is 0.497 e. The zero-order valence-electron chi connectivity index (χ0n) is 20.2. The summed E-state index contributed by atoms with van der Waals surface area (Å²) in [6, 6.07) is 7.50. The third kappa shape index (κ3) is 4.85. The molecule has 0 saturated carbocycles. The van der Waals surface area contributed by atoms with E-state index in [1.165, 1.54) is 0 Å². The number of fused-ring (bicyclic) bond motifs is 1. The van der Waals surface area contributed by atoms with Crippen LogP contribution in [0.15, 0.2) is 30.3 Å². The molecule has 0 N–H and O–H groups in total. The summed E-state index contributed by atoms with van der Waals surface area (Å²) in [7, 11) is 3.19. The van der Waals surface area contributed by atoms with Crippen LogP contribution >= 0.6 is 0 Å². The molecule has 1 amide bonds. The van der Waals surface area contributed by atoms with Crippen molar-refractivity contribution in [1.29, 1.82) is 0 Å².